The van der Waals surface area contributed by atoms with Gasteiger partial charge in [-0.1, -0.05) is 0 Å². The van der Waals surface area contributed by atoms with Crippen molar-refractivity contribution in [2.24, 2.45) is 0 Å². The number of unbranched alkanes of at least 4 members (excludes halogenated alkanes) is 7. The molecule has 1 heteroatoms. The van der Waals surface area contributed by atoms with Crippen molar-refractivity contribution in [3.63, 3.8) is 0 Å². The summed E-state index contributed by atoms with van der Waals surface area (Å²) in [7, 11) is 0. The Balaban J connectivity index is 2.08. The number of rotatable bonds is 9. The van der Waals surface area contributed by atoms with Gasteiger partial charge in [-0.3, -0.25) is 0 Å². The Morgan fingerprint density at radius 1 is 0.842 bits per heavy atom. The van der Waals surface area contributed by atoms with Crippen molar-refractivity contribution in [3.8, 4) is 0 Å². The Morgan fingerprint density at radius 3 is 1.95 bits per heavy atom. The second kappa shape index (κ2) is 9.03. The van der Waals surface area contributed by atoms with E-state index < -0.39 is 0 Å². The second-order valence-corrected chi connectivity index (χ2v) is 9.19. The van der Waals surface area contributed by atoms with E-state index in [1.165, 1.54) is 57.8 Å². The molecule has 1 aromatic rings. The summed E-state index contributed by atoms with van der Waals surface area (Å²) in [4.78, 5) is 0. The first-order chi connectivity index (χ1) is 9.04. The van der Waals surface area contributed by atoms with Crippen LogP contribution in [-0.4, -0.2) is 14.5 Å². The zero-order valence-corrected chi connectivity index (χ0v) is 15.1. The molecule has 0 fully saturated rings. The fourth-order valence-corrected chi connectivity index (χ4v) is 4.67. The van der Waals surface area contributed by atoms with E-state index in [1.54, 1.807) is 8.87 Å². The van der Waals surface area contributed by atoms with Gasteiger partial charge in [0.05, 0.1) is 0 Å². The summed E-state index contributed by atoms with van der Waals surface area (Å²) in [6, 6.07) is 4.79. The third kappa shape index (κ3) is 7.37. The fourth-order valence-electron chi connectivity index (χ4n) is 2.35. The Kier molecular flexibility index (Phi) is 8.10. The Bertz CT molecular complexity index is 330. The predicted octanol–water partition coefficient (Wildman–Crippen LogP) is 5.72. The van der Waals surface area contributed by atoms with Gasteiger partial charge in [0, 0.05) is 0 Å². The van der Waals surface area contributed by atoms with E-state index in [-0.39, 0.29) is 0 Å². The van der Waals surface area contributed by atoms with Gasteiger partial charge >= 0.3 is 126 Å². The second-order valence-electron chi connectivity index (χ2n) is 6.74. The van der Waals surface area contributed by atoms with Crippen LogP contribution in [0.4, 0.5) is 0 Å². The molecular formula is C18H32Se. The first-order valence-electron chi connectivity index (χ1n) is 8.13. The molecule has 110 valence electrons. The van der Waals surface area contributed by atoms with E-state index in [9.17, 15) is 0 Å². The van der Waals surface area contributed by atoms with Crippen molar-refractivity contribution < 1.29 is 0 Å². The molecule has 0 unspecified atom stereocenters. The van der Waals surface area contributed by atoms with Crippen molar-refractivity contribution in [3.05, 3.63) is 21.0 Å². The molecule has 0 atom stereocenters. The molecule has 0 amide bonds. The van der Waals surface area contributed by atoms with Gasteiger partial charge in [0.2, 0.25) is 0 Å². The van der Waals surface area contributed by atoms with Gasteiger partial charge in [-0.25, -0.2) is 0 Å². The minimum atomic E-state index is 0.386. The molecule has 1 heterocycles. The molecule has 1 aromatic heterocycles. The van der Waals surface area contributed by atoms with Crippen LogP contribution in [0.1, 0.15) is 87.9 Å². The van der Waals surface area contributed by atoms with Crippen LogP contribution in [0.25, 0.3) is 0 Å². The molecule has 0 aliphatic rings. The summed E-state index contributed by atoms with van der Waals surface area (Å²) < 4.78 is 3.40. The number of aryl methyl sites for hydroxylation is 1. The fraction of sp³-hybridized carbons (Fsp3) is 0.778. The number of hydrogen-bond donors (Lipinski definition) is 0. The van der Waals surface area contributed by atoms with Gasteiger partial charge in [0.15, 0.2) is 0 Å². The molecule has 0 bridgehead atoms. The molecule has 0 aromatic carbocycles. The summed E-state index contributed by atoms with van der Waals surface area (Å²) in [5.41, 5.74) is 0.386. The first kappa shape index (κ1) is 17.1. The van der Waals surface area contributed by atoms with Crippen LogP contribution >= 0.6 is 0 Å². The Hall–Kier alpha value is -0.000519. The average Bonchev–Trinajstić information content (AvgIpc) is 2.81. The molecule has 19 heavy (non-hydrogen) atoms. The van der Waals surface area contributed by atoms with E-state index in [1.807, 2.05) is 0 Å². The summed E-state index contributed by atoms with van der Waals surface area (Å²) in [6.07, 6.45) is 12.8. The zero-order valence-electron chi connectivity index (χ0n) is 13.4. The van der Waals surface area contributed by atoms with E-state index in [4.69, 9.17) is 0 Å². The summed E-state index contributed by atoms with van der Waals surface area (Å²) in [6.45, 7) is 9.31. The van der Waals surface area contributed by atoms with Crippen LogP contribution in [0.5, 0.6) is 0 Å². The topological polar surface area (TPSA) is 0 Å². The maximum absolute atomic E-state index is 2.40. The molecule has 0 aliphatic carbocycles. The maximum atomic E-state index is 2.40. The standard InChI is InChI=1S/C18H32Se/c1-5-6-7-8-9-10-11-12-13-16-14-15-17(19-16)18(2,3)4/h14-15H,5-13H2,1-4H3. The van der Waals surface area contributed by atoms with E-state index in [0.717, 1.165) is 0 Å². The third-order valence-electron chi connectivity index (χ3n) is 3.68. The van der Waals surface area contributed by atoms with Crippen LogP contribution in [0.2, 0.25) is 0 Å². The van der Waals surface area contributed by atoms with Gasteiger partial charge in [0.1, 0.15) is 0 Å². The van der Waals surface area contributed by atoms with E-state index >= 15 is 0 Å². The van der Waals surface area contributed by atoms with Crippen LogP contribution in [0.15, 0.2) is 12.1 Å². The summed E-state index contributed by atoms with van der Waals surface area (Å²) in [5, 5.41) is 0. The van der Waals surface area contributed by atoms with Gasteiger partial charge in [0.25, 0.3) is 0 Å². The number of hydrogen-bond acceptors (Lipinski definition) is 0. The van der Waals surface area contributed by atoms with Crippen molar-refractivity contribution in [1.29, 1.82) is 0 Å². The van der Waals surface area contributed by atoms with Crippen LogP contribution in [0.3, 0.4) is 0 Å². The zero-order chi connectivity index (χ0) is 14.1. The van der Waals surface area contributed by atoms with Crippen molar-refractivity contribution in [2.45, 2.75) is 90.9 Å². The molecular weight excluding hydrogens is 295 g/mol. The normalized spacial score (nSPS) is 12.0. The predicted molar refractivity (Wildman–Crippen MR) is 88.4 cm³/mol. The molecule has 0 spiro atoms. The van der Waals surface area contributed by atoms with Crippen LogP contribution in [-0.2, 0) is 11.8 Å². The summed E-state index contributed by atoms with van der Waals surface area (Å²) in [5.74, 6) is 0. The minimum absolute atomic E-state index is 0.386. The first-order valence-corrected chi connectivity index (χ1v) is 9.84. The monoisotopic (exact) mass is 328 g/mol. The molecule has 0 aliphatic heterocycles. The molecule has 0 nitrogen and oxygen atoms in total. The van der Waals surface area contributed by atoms with Crippen molar-refractivity contribution in [2.75, 3.05) is 0 Å². The van der Waals surface area contributed by atoms with Crippen LogP contribution in [0, 0.1) is 0 Å². The quantitative estimate of drug-likeness (QED) is 0.402. The third-order valence-corrected chi connectivity index (χ3v) is 6.97. The van der Waals surface area contributed by atoms with Gasteiger partial charge < -0.3 is 0 Å². The molecule has 0 N–H and O–H groups in total. The van der Waals surface area contributed by atoms with Crippen molar-refractivity contribution in [1.82, 2.24) is 0 Å². The van der Waals surface area contributed by atoms with E-state index in [0.29, 0.717) is 19.9 Å². The molecule has 0 saturated carbocycles. The van der Waals surface area contributed by atoms with E-state index in [2.05, 4.69) is 39.8 Å². The van der Waals surface area contributed by atoms with Crippen molar-refractivity contribution >= 4 is 14.5 Å². The molecule has 0 saturated heterocycles. The van der Waals surface area contributed by atoms with Gasteiger partial charge in [-0.15, -0.1) is 0 Å². The Morgan fingerprint density at radius 2 is 1.42 bits per heavy atom. The molecule has 0 radical (unpaired) electrons. The van der Waals surface area contributed by atoms with Gasteiger partial charge in [-0.2, -0.15) is 0 Å². The molecule has 1 rings (SSSR count). The Labute approximate surface area is 126 Å². The summed E-state index contributed by atoms with van der Waals surface area (Å²) >= 11 is 0.652. The average molecular weight is 327 g/mol. The van der Waals surface area contributed by atoms with Gasteiger partial charge in [-0.05, 0) is 0 Å². The van der Waals surface area contributed by atoms with Crippen LogP contribution < -0.4 is 0 Å². The SMILES string of the molecule is CCCCCCCCCCc1ccc(C(C)(C)C)[se]1.